The predicted molar refractivity (Wildman–Crippen MR) is 62.7 cm³/mol. The number of anilines is 1. The van der Waals surface area contributed by atoms with Crippen molar-refractivity contribution in [3.63, 3.8) is 0 Å². The van der Waals surface area contributed by atoms with Gasteiger partial charge in [0, 0.05) is 17.1 Å². The number of hydrogen-bond donors (Lipinski definition) is 0. The molecule has 76 valence electrons. The molecule has 1 fully saturated rings. The van der Waals surface area contributed by atoms with Crippen LogP contribution < -0.4 is 4.90 Å². The molecule has 2 rings (SSSR count). The number of aryl methyl sites for hydroxylation is 1. The highest BCUT2D eigenvalue weighted by molar-refractivity contribution is 9.10. The van der Waals surface area contributed by atoms with Crippen LogP contribution >= 0.6 is 15.9 Å². The molecule has 0 aromatic carbocycles. The van der Waals surface area contributed by atoms with Crippen LogP contribution in [0.4, 0.5) is 5.82 Å². The lowest BCUT2D eigenvalue weighted by Gasteiger charge is -2.22. The Labute approximate surface area is 93.5 Å². The summed E-state index contributed by atoms with van der Waals surface area (Å²) in [6.45, 7) is 5.45. The Kier molecular flexibility index (Phi) is 2.77. The van der Waals surface area contributed by atoms with Gasteiger partial charge < -0.3 is 4.90 Å². The van der Waals surface area contributed by atoms with E-state index in [-0.39, 0.29) is 0 Å². The van der Waals surface area contributed by atoms with E-state index in [0.29, 0.717) is 6.04 Å². The van der Waals surface area contributed by atoms with E-state index >= 15 is 0 Å². The topological polar surface area (TPSA) is 16.1 Å². The van der Waals surface area contributed by atoms with Gasteiger partial charge in [-0.15, -0.1) is 0 Å². The molecule has 0 radical (unpaired) electrons. The molecule has 1 aromatic rings. The fourth-order valence-electron chi connectivity index (χ4n) is 1.96. The average molecular weight is 255 g/mol. The van der Waals surface area contributed by atoms with Gasteiger partial charge in [0.25, 0.3) is 0 Å². The van der Waals surface area contributed by atoms with Gasteiger partial charge in [-0.3, -0.25) is 0 Å². The maximum Gasteiger partial charge on any atom is 0.129 e. The number of pyridine rings is 1. The van der Waals surface area contributed by atoms with E-state index in [4.69, 9.17) is 0 Å². The molecule has 0 amide bonds. The Bertz CT molecular complexity index is 338. The highest BCUT2D eigenvalue weighted by Gasteiger charge is 2.21. The smallest absolute Gasteiger partial charge is 0.129 e. The highest BCUT2D eigenvalue weighted by atomic mass is 79.9. The molecule has 1 saturated heterocycles. The Morgan fingerprint density at radius 1 is 1.50 bits per heavy atom. The van der Waals surface area contributed by atoms with E-state index in [1.165, 1.54) is 12.8 Å². The van der Waals surface area contributed by atoms with Crippen molar-refractivity contribution in [2.24, 2.45) is 0 Å². The quantitative estimate of drug-likeness (QED) is 0.766. The molecule has 2 heterocycles. The molecule has 1 atom stereocenters. The second kappa shape index (κ2) is 3.89. The third-order valence-corrected chi connectivity index (χ3v) is 3.69. The molecule has 0 saturated carbocycles. The number of nitrogens with zero attached hydrogens (tertiary/aromatic N) is 2. The van der Waals surface area contributed by atoms with Gasteiger partial charge in [0.1, 0.15) is 5.82 Å². The summed E-state index contributed by atoms with van der Waals surface area (Å²) >= 11 is 3.47. The maximum absolute atomic E-state index is 4.58. The summed E-state index contributed by atoms with van der Waals surface area (Å²) in [5.74, 6) is 1.12. The van der Waals surface area contributed by atoms with Gasteiger partial charge in [0.15, 0.2) is 0 Å². The zero-order chi connectivity index (χ0) is 10.1. The van der Waals surface area contributed by atoms with Crippen LogP contribution in [0.5, 0.6) is 0 Å². The summed E-state index contributed by atoms with van der Waals surface area (Å²) in [7, 11) is 0. The zero-order valence-corrected chi connectivity index (χ0v) is 10.2. The molecular formula is C11H15BrN2. The first-order chi connectivity index (χ1) is 6.68. The molecule has 0 bridgehead atoms. The second-order valence-electron chi connectivity index (χ2n) is 3.92. The van der Waals surface area contributed by atoms with Crippen molar-refractivity contribution in [1.82, 2.24) is 4.98 Å². The van der Waals surface area contributed by atoms with E-state index in [9.17, 15) is 0 Å². The Morgan fingerprint density at radius 3 is 2.86 bits per heavy atom. The van der Waals surface area contributed by atoms with Gasteiger partial charge in [-0.25, -0.2) is 4.98 Å². The van der Waals surface area contributed by atoms with Crippen LogP contribution in [0.2, 0.25) is 0 Å². The van der Waals surface area contributed by atoms with Gasteiger partial charge in [-0.05, 0) is 54.8 Å². The molecule has 1 aromatic heterocycles. The SMILES string of the molecule is Cc1nc(N2CCCC2C)ccc1Br. The normalized spacial score (nSPS) is 21.6. The zero-order valence-electron chi connectivity index (χ0n) is 8.63. The summed E-state index contributed by atoms with van der Waals surface area (Å²) in [6.07, 6.45) is 2.58. The van der Waals surface area contributed by atoms with E-state index in [0.717, 1.165) is 22.5 Å². The summed E-state index contributed by atoms with van der Waals surface area (Å²) in [6, 6.07) is 4.82. The average Bonchev–Trinajstić information content (AvgIpc) is 2.57. The molecule has 1 aliphatic heterocycles. The standard InChI is InChI=1S/C11H15BrN2/c1-8-4-3-7-14(8)11-6-5-10(12)9(2)13-11/h5-6,8H,3-4,7H2,1-2H3. The van der Waals surface area contributed by atoms with Crippen LogP contribution in [0.3, 0.4) is 0 Å². The predicted octanol–water partition coefficient (Wildman–Crippen LogP) is 3.14. The lowest BCUT2D eigenvalue weighted by atomic mass is 10.2. The van der Waals surface area contributed by atoms with Gasteiger partial charge in [0.05, 0.1) is 5.69 Å². The molecule has 0 N–H and O–H groups in total. The minimum atomic E-state index is 0.642. The molecule has 1 aliphatic rings. The minimum Gasteiger partial charge on any atom is -0.354 e. The fourth-order valence-corrected chi connectivity index (χ4v) is 2.19. The summed E-state index contributed by atoms with van der Waals surface area (Å²) < 4.78 is 1.09. The molecule has 0 spiro atoms. The number of hydrogen-bond acceptors (Lipinski definition) is 2. The molecule has 2 nitrogen and oxygen atoms in total. The first-order valence-electron chi connectivity index (χ1n) is 5.08. The van der Waals surface area contributed by atoms with Crippen LogP contribution in [0.15, 0.2) is 16.6 Å². The lowest BCUT2D eigenvalue weighted by Crippen LogP contribution is -2.27. The molecule has 3 heteroatoms. The minimum absolute atomic E-state index is 0.642. The third-order valence-electron chi connectivity index (χ3n) is 2.85. The van der Waals surface area contributed by atoms with Gasteiger partial charge in [0.2, 0.25) is 0 Å². The number of halogens is 1. The Hall–Kier alpha value is -0.570. The van der Waals surface area contributed by atoms with E-state index in [2.05, 4.69) is 44.9 Å². The summed E-state index contributed by atoms with van der Waals surface area (Å²) in [4.78, 5) is 6.97. The van der Waals surface area contributed by atoms with Crippen LogP contribution in [0.1, 0.15) is 25.5 Å². The van der Waals surface area contributed by atoms with E-state index in [1.54, 1.807) is 0 Å². The van der Waals surface area contributed by atoms with Crippen molar-refractivity contribution in [3.05, 3.63) is 22.3 Å². The van der Waals surface area contributed by atoms with Crippen LogP contribution in [-0.4, -0.2) is 17.6 Å². The van der Waals surface area contributed by atoms with Crippen LogP contribution in [-0.2, 0) is 0 Å². The van der Waals surface area contributed by atoms with Crippen LogP contribution in [0.25, 0.3) is 0 Å². The molecule has 14 heavy (non-hydrogen) atoms. The first kappa shape index (κ1) is 9.97. The van der Waals surface area contributed by atoms with E-state index < -0.39 is 0 Å². The van der Waals surface area contributed by atoms with E-state index in [1.807, 2.05) is 6.92 Å². The first-order valence-corrected chi connectivity index (χ1v) is 5.87. The van der Waals surface area contributed by atoms with Crippen molar-refractivity contribution >= 4 is 21.7 Å². The van der Waals surface area contributed by atoms with Gasteiger partial charge >= 0.3 is 0 Å². The number of rotatable bonds is 1. The van der Waals surface area contributed by atoms with Gasteiger partial charge in [-0.1, -0.05) is 0 Å². The Morgan fingerprint density at radius 2 is 2.29 bits per heavy atom. The fraction of sp³-hybridized carbons (Fsp3) is 0.545. The maximum atomic E-state index is 4.58. The van der Waals surface area contributed by atoms with Crippen LogP contribution in [0, 0.1) is 6.92 Å². The molecular weight excluding hydrogens is 240 g/mol. The molecule has 1 unspecified atom stereocenters. The molecule has 0 aliphatic carbocycles. The lowest BCUT2D eigenvalue weighted by molar-refractivity contribution is 0.726. The largest absolute Gasteiger partial charge is 0.354 e. The van der Waals surface area contributed by atoms with Gasteiger partial charge in [-0.2, -0.15) is 0 Å². The highest BCUT2D eigenvalue weighted by Crippen LogP contribution is 2.25. The second-order valence-corrected chi connectivity index (χ2v) is 4.78. The van der Waals surface area contributed by atoms with Crippen molar-refractivity contribution in [3.8, 4) is 0 Å². The van der Waals surface area contributed by atoms with Crippen molar-refractivity contribution in [2.75, 3.05) is 11.4 Å². The van der Waals surface area contributed by atoms with Crippen molar-refractivity contribution in [2.45, 2.75) is 32.7 Å². The van der Waals surface area contributed by atoms with Crippen molar-refractivity contribution in [1.29, 1.82) is 0 Å². The van der Waals surface area contributed by atoms with Crippen molar-refractivity contribution < 1.29 is 0 Å². The summed E-state index contributed by atoms with van der Waals surface area (Å²) in [5.41, 5.74) is 1.07. The monoisotopic (exact) mass is 254 g/mol. The number of aromatic nitrogens is 1. The third kappa shape index (κ3) is 1.78. The Balaban J connectivity index is 2.28. The summed E-state index contributed by atoms with van der Waals surface area (Å²) in [5, 5.41) is 0.